The molecule has 0 aliphatic carbocycles. The van der Waals surface area contributed by atoms with E-state index in [1.54, 1.807) is 0 Å². The van der Waals surface area contributed by atoms with Gasteiger partial charge in [0.15, 0.2) is 0 Å². The van der Waals surface area contributed by atoms with Crippen molar-refractivity contribution in [1.82, 2.24) is 9.80 Å². The second kappa shape index (κ2) is 7.17. The number of piperidine rings is 1. The highest BCUT2D eigenvalue weighted by Crippen LogP contribution is 2.40. The molecule has 1 spiro atoms. The second-order valence-electron chi connectivity index (χ2n) is 8.05. The summed E-state index contributed by atoms with van der Waals surface area (Å²) in [6.45, 7) is 4.06. The Labute approximate surface area is 161 Å². The molecule has 0 radical (unpaired) electrons. The minimum Gasteiger partial charge on any atom is -0.338 e. The Bertz CT molecular complexity index is 856. The molecule has 0 unspecified atom stereocenters. The van der Waals surface area contributed by atoms with Crippen molar-refractivity contribution in [2.24, 2.45) is 5.41 Å². The number of hydrogen-bond donors (Lipinski definition) is 0. The van der Waals surface area contributed by atoms with Gasteiger partial charge in [0.05, 0.1) is 11.6 Å². The molecule has 2 aromatic carbocycles. The van der Waals surface area contributed by atoms with Crippen LogP contribution in [0.1, 0.15) is 35.2 Å². The molecule has 138 valence electrons. The zero-order chi connectivity index (χ0) is 18.9. The van der Waals surface area contributed by atoms with Gasteiger partial charge in [0.1, 0.15) is 0 Å². The summed E-state index contributed by atoms with van der Waals surface area (Å²) in [6.07, 6.45) is 3.53. The zero-order valence-electron chi connectivity index (χ0n) is 15.8. The van der Waals surface area contributed by atoms with Gasteiger partial charge in [0, 0.05) is 18.7 Å². The fourth-order valence-electron chi connectivity index (χ4n) is 4.33. The van der Waals surface area contributed by atoms with E-state index in [1.807, 2.05) is 53.4 Å². The van der Waals surface area contributed by atoms with Gasteiger partial charge in [-0.3, -0.25) is 4.79 Å². The summed E-state index contributed by atoms with van der Waals surface area (Å²) in [5.41, 5.74) is 3.87. The maximum absolute atomic E-state index is 12.9. The maximum atomic E-state index is 12.9. The van der Waals surface area contributed by atoms with E-state index in [-0.39, 0.29) is 5.91 Å². The Kier molecular flexibility index (Phi) is 4.72. The van der Waals surface area contributed by atoms with Gasteiger partial charge < -0.3 is 9.80 Å². The molecule has 2 aliphatic rings. The smallest absolute Gasteiger partial charge is 0.253 e. The van der Waals surface area contributed by atoms with Crippen LogP contribution in [0.2, 0.25) is 0 Å². The predicted octanol–water partition coefficient (Wildman–Crippen LogP) is 3.78. The number of benzene rings is 2. The molecule has 0 saturated carbocycles. The van der Waals surface area contributed by atoms with Crippen molar-refractivity contribution in [1.29, 1.82) is 5.26 Å². The first kappa shape index (κ1) is 17.8. The van der Waals surface area contributed by atoms with E-state index < -0.39 is 0 Å². The zero-order valence-corrected chi connectivity index (χ0v) is 15.8. The number of nitriles is 1. The van der Waals surface area contributed by atoms with E-state index >= 15 is 0 Å². The number of carbonyl (C=O) groups is 1. The standard InChI is InChI=1S/C23H25N3O/c1-25-13-10-23(11-14-25)12-15-26(17-23)22(27)21-8-6-20(7-9-21)19-4-2-18(16-24)3-5-19/h2-9H,10-15,17H2,1H3. The van der Waals surface area contributed by atoms with Gasteiger partial charge in [-0.2, -0.15) is 5.26 Å². The Balaban J connectivity index is 1.44. The summed E-state index contributed by atoms with van der Waals surface area (Å²) >= 11 is 0. The first-order valence-electron chi connectivity index (χ1n) is 9.67. The van der Waals surface area contributed by atoms with Crippen LogP contribution in [0, 0.1) is 16.7 Å². The molecule has 4 heteroatoms. The molecule has 0 aromatic heterocycles. The van der Waals surface area contributed by atoms with Gasteiger partial charge in [-0.1, -0.05) is 24.3 Å². The number of hydrogen-bond acceptors (Lipinski definition) is 3. The Morgan fingerprint density at radius 2 is 1.48 bits per heavy atom. The van der Waals surface area contributed by atoms with Gasteiger partial charge in [-0.25, -0.2) is 0 Å². The summed E-state index contributed by atoms with van der Waals surface area (Å²) < 4.78 is 0. The van der Waals surface area contributed by atoms with E-state index in [1.165, 1.54) is 12.8 Å². The number of carbonyl (C=O) groups excluding carboxylic acids is 1. The van der Waals surface area contributed by atoms with Crippen LogP contribution in [0.25, 0.3) is 11.1 Å². The van der Waals surface area contributed by atoms with E-state index in [0.29, 0.717) is 11.0 Å². The number of amides is 1. The predicted molar refractivity (Wildman–Crippen MR) is 106 cm³/mol. The summed E-state index contributed by atoms with van der Waals surface area (Å²) in [7, 11) is 2.18. The summed E-state index contributed by atoms with van der Waals surface area (Å²) in [4.78, 5) is 17.4. The van der Waals surface area contributed by atoms with Crippen molar-refractivity contribution in [3.05, 3.63) is 59.7 Å². The number of likely N-dealkylation sites (tertiary alicyclic amines) is 2. The Morgan fingerprint density at radius 1 is 0.926 bits per heavy atom. The molecule has 4 rings (SSSR count). The summed E-state index contributed by atoms with van der Waals surface area (Å²) in [6, 6.07) is 17.5. The van der Waals surface area contributed by atoms with Crippen molar-refractivity contribution in [2.45, 2.75) is 19.3 Å². The molecular formula is C23H25N3O. The Hall–Kier alpha value is -2.64. The average Bonchev–Trinajstić information content (AvgIpc) is 3.14. The normalized spacial score (nSPS) is 19.2. The van der Waals surface area contributed by atoms with Gasteiger partial charge in [-0.15, -0.1) is 0 Å². The third-order valence-corrected chi connectivity index (χ3v) is 6.25. The van der Waals surface area contributed by atoms with Crippen LogP contribution in [0.5, 0.6) is 0 Å². The molecule has 4 nitrogen and oxygen atoms in total. The monoisotopic (exact) mass is 359 g/mol. The lowest BCUT2D eigenvalue weighted by molar-refractivity contribution is 0.0736. The van der Waals surface area contributed by atoms with Crippen molar-refractivity contribution in [3.63, 3.8) is 0 Å². The van der Waals surface area contributed by atoms with Gasteiger partial charge in [-0.05, 0) is 80.2 Å². The molecule has 2 fully saturated rings. The van der Waals surface area contributed by atoms with E-state index in [4.69, 9.17) is 5.26 Å². The fourth-order valence-corrected chi connectivity index (χ4v) is 4.33. The van der Waals surface area contributed by atoms with Crippen LogP contribution >= 0.6 is 0 Å². The van der Waals surface area contributed by atoms with Crippen molar-refractivity contribution >= 4 is 5.91 Å². The first-order chi connectivity index (χ1) is 13.1. The van der Waals surface area contributed by atoms with Gasteiger partial charge in [0.2, 0.25) is 0 Å². The van der Waals surface area contributed by atoms with Crippen LogP contribution in [0.4, 0.5) is 0 Å². The topological polar surface area (TPSA) is 47.3 Å². The molecule has 1 amide bonds. The summed E-state index contributed by atoms with van der Waals surface area (Å²) in [5.74, 6) is 0.150. The van der Waals surface area contributed by atoms with Crippen LogP contribution in [-0.4, -0.2) is 48.9 Å². The summed E-state index contributed by atoms with van der Waals surface area (Å²) in [5, 5.41) is 8.91. The highest BCUT2D eigenvalue weighted by atomic mass is 16.2. The molecule has 27 heavy (non-hydrogen) atoms. The van der Waals surface area contributed by atoms with Crippen LogP contribution in [-0.2, 0) is 0 Å². The molecule has 0 atom stereocenters. The molecule has 0 bridgehead atoms. The van der Waals surface area contributed by atoms with Crippen LogP contribution < -0.4 is 0 Å². The van der Waals surface area contributed by atoms with E-state index in [9.17, 15) is 4.79 Å². The van der Waals surface area contributed by atoms with Gasteiger partial charge in [0.25, 0.3) is 5.91 Å². The SMILES string of the molecule is CN1CCC2(CC1)CCN(C(=O)c1ccc(-c3ccc(C#N)cc3)cc1)C2. The third-order valence-electron chi connectivity index (χ3n) is 6.25. The maximum Gasteiger partial charge on any atom is 0.253 e. The highest BCUT2D eigenvalue weighted by Gasteiger charge is 2.41. The van der Waals surface area contributed by atoms with Crippen molar-refractivity contribution in [2.75, 3.05) is 33.2 Å². The molecule has 2 aromatic rings. The quantitative estimate of drug-likeness (QED) is 0.820. The lowest BCUT2D eigenvalue weighted by atomic mass is 9.78. The fraction of sp³-hybridized carbons (Fsp3) is 0.391. The second-order valence-corrected chi connectivity index (χ2v) is 8.05. The first-order valence-corrected chi connectivity index (χ1v) is 9.67. The Morgan fingerprint density at radius 3 is 2.07 bits per heavy atom. The third kappa shape index (κ3) is 3.61. The largest absolute Gasteiger partial charge is 0.338 e. The van der Waals surface area contributed by atoms with Crippen LogP contribution in [0.15, 0.2) is 48.5 Å². The van der Waals surface area contributed by atoms with Crippen molar-refractivity contribution in [3.8, 4) is 17.2 Å². The van der Waals surface area contributed by atoms with Crippen molar-refractivity contribution < 1.29 is 4.79 Å². The molecule has 0 N–H and O–H groups in total. The molecule has 2 heterocycles. The van der Waals surface area contributed by atoms with Crippen LogP contribution in [0.3, 0.4) is 0 Å². The van der Waals surface area contributed by atoms with Gasteiger partial charge >= 0.3 is 0 Å². The number of rotatable bonds is 2. The lowest BCUT2D eigenvalue weighted by Gasteiger charge is -2.37. The number of nitrogens with zero attached hydrogens (tertiary/aromatic N) is 3. The minimum absolute atomic E-state index is 0.150. The minimum atomic E-state index is 0.150. The lowest BCUT2D eigenvalue weighted by Crippen LogP contribution is -2.40. The average molecular weight is 359 g/mol. The highest BCUT2D eigenvalue weighted by molar-refractivity contribution is 5.95. The van der Waals surface area contributed by atoms with E-state index in [0.717, 1.165) is 49.3 Å². The molecule has 2 saturated heterocycles. The molecule has 2 aliphatic heterocycles. The van der Waals surface area contributed by atoms with E-state index in [2.05, 4.69) is 18.0 Å². The molecular weight excluding hydrogens is 334 g/mol.